The average Bonchev–Trinajstić information content (AvgIpc) is 3.08. The number of urea groups is 1. The zero-order chi connectivity index (χ0) is 20.1. The summed E-state index contributed by atoms with van der Waals surface area (Å²) in [4.78, 5) is 35.0. The van der Waals surface area contributed by atoms with Gasteiger partial charge < -0.3 is 20.3 Å². The Morgan fingerprint density at radius 1 is 1.21 bits per heavy atom. The van der Waals surface area contributed by atoms with Crippen LogP contribution in [-0.4, -0.2) is 60.1 Å². The lowest BCUT2D eigenvalue weighted by molar-refractivity contribution is 0.0938. The van der Waals surface area contributed by atoms with E-state index >= 15 is 0 Å². The van der Waals surface area contributed by atoms with E-state index in [2.05, 4.69) is 30.8 Å². The average molecular weight is 384 g/mol. The van der Waals surface area contributed by atoms with Gasteiger partial charge in [-0.25, -0.2) is 9.78 Å². The molecule has 3 N–H and O–H groups in total. The zero-order valence-corrected chi connectivity index (χ0v) is 16.2. The number of carbonyl (C=O) groups excluding carboxylic acids is 2. The zero-order valence-electron chi connectivity index (χ0n) is 16.2. The number of aryl methyl sites for hydroxylation is 1. The molecule has 0 unspecified atom stereocenters. The van der Waals surface area contributed by atoms with Gasteiger partial charge in [0.2, 0.25) is 0 Å². The molecule has 2 heterocycles. The number of aromatic nitrogens is 2. The number of likely N-dealkylation sites (N-methyl/N-ethyl adjacent to an activating group) is 1. The van der Waals surface area contributed by atoms with Crippen molar-refractivity contribution in [3.8, 4) is 5.75 Å². The molecule has 0 radical (unpaired) electrons. The van der Waals surface area contributed by atoms with Gasteiger partial charge in [-0.15, -0.1) is 0 Å². The fourth-order valence-electron chi connectivity index (χ4n) is 2.98. The molecule has 1 saturated heterocycles. The van der Waals surface area contributed by atoms with Gasteiger partial charge in [0.15, 0.2) is 5.82 Å². The summed E-state index contributed by atoms with van der Waals surface area (Å²) in [5.74, 6) is 0.561. The standard InChI is InChI=1S/C19H24N6O3/c1-12-9-21-17(10-20-12)24-19(27)23-15-5-4-13(8-16(15)28-3)18(26)22-14-6-7-25(2)11-14/h4-5,8-10,14H,6-7,11H2,1-3H3,(H,22,26)(H2,21,23,24,27)/t14-/m0/s1. The van der Waals surface area contributed by atoms with E-state index in [1.807, 2.05) is 14.0 Å². The minimum atomic E-state index is -0.484. The van der Waals surface area contributed by atoms with E-state index in [0.717, 1.165) is 25.2 Å². The Hall–Kier alpha value is -3.20. The quantitative estimate of drug-likeness (QED) is 0.726. The summed E-state index contributed by atoms with van der Waals surface area (Å²) in [6.07, 6.45) is 3.97. The summed E-state index contributed by atoms with van der Waals surface area (Å²) in [6, 6.07) is 4.55. The highest BCUT2D eigenvalue weighted by atomic mass is 16.5. The van der Waals surface area contributed by atoms with Gasteiger partial charge in [0, 0.05) is 18.2 Å². The highest BCUT2D eigenvalue weighted by molar-refractivity contribution is 6.01. The van der Waals surface area contributed by atoms with Gasteiger partial charge in [-0.2, -0.15) is 0 Å². The maximum atomic E-state index is 12.5. The highest BCUT2D eigenvalue weighted by Gasteiger charge is 2.22. The van der Waals surface area contributed by atoms with Crippen molar-refractivity contribution < 1.29 is 14.3 Å². The molecular weight excluding hydrogens is 360 g/mol. The van der Waals surface area contributed by atoms with Crippen LogP contribution in [0.25, 0.3) is 0 Å². The number of methoxy groups -OCH3 is 1. The van der Waals surface area contributed by atoms with Crippen LogP contribution < -0.4 is 20.7 Å². The number of hydrogen-bond acceptors (Lipinski definition) is 6. The second kappa shape index (κ2) is 8.66. The molecular formula is C19H24N6O3. The first-order valence-corrected chi connectivity index (χ1v) is 8.98. The van der Waals surface area contributed by atoms with Crippen LogP contribution >= 0.6 is 0 Å². The van der Waals surface area contributed by atoms with Crippen molar-refractivity contribution in [1.29, 1.82) is 0 Å². The Morgan fingerprint density at radius 2 is 2.04 bits per heavy atom. The summed E-state index contributed by atoms with van der Waals surface area (Å²) in [6.45, 7) is 3.62. The van der Waals surface area contributed by atoms with E-state index in [1.165, 1.54) is 13.3 Å². The van der Waals surface area contributed by atoms with Crippen LogP contribution in [0.2, 0.25) is 0 Å². The third-order valence-corrected chi connectivity index (χ3v) is 4.46. The van der Waals surface area contributed by atoms with Crippen LogP contribution in [0, 0.1) is 6.92 Å². The number of nitrogens with one attached hydrogen (secondary N) is 3. The predicted octanol–water partition coefficient (Wildman–Crippen LogP) is 1.87. The molecule has 1 atom stereocenters. The number of benzene rings is 1. The van der Waals surface area contributed by atoms with Crippen LogP contribution in [0.4, 0.5) is 16.3 Å². The third-order valence-electron chi connectivity index (χ3n) is 4.46. The summed E-state index contributed by atoms with van der Waals surface area (Å²) in [5, 5.41) is 8.31. The van der Waals surface area contributed by atoms with Gasteiger partial charge in [0.1, 0.15) is 5.75 Å². The number of hydrogen-bond donors (Lipinski definition) is 3. The number of carbonyl (C=O) groups is 2. The van der Waals surface area contributed by atoms with E-state index in [9.17, 15) is 9.59 Å². The van der Waals surface area contributed by atoms with Gasteiger partial charge in [-0.1, -0.05) is 0 Å². The molecule has 2 aromatic rings. The van der Waals surface area contributed by atoms with Gasteiger partial charge in [0.05, 0.1) is 30.9 Å². The number of likely N-dealkylation sites (tertiary alicyclic amines) is 1. The largest absolute Gasteiger partial charge is 0.495 e. The van der Waals surface area contributed by atoms with Crippen LogP contribution in [-0.2, 0) is 0 Å². The summed E-state index contributed by atoms with van der Waals surface area (Å²) < 4.78 is 5.33. The van der Waals surface area contributed by atoms with Crippen molar-refractivity contribution in [3.63, 3.8) is 0 Å². The summed E-state index contributed by atoms with van der Waals surface area (Å²) in [7, 11) is 3.51. The second-order valence-electron chi connectivity index (χ2n) is 6.76. The van der Waals surface area contributed by atoms with Crippen molar-refractivity contribution in [3.05, 3.63) is 41.9 Å². The van der Waals surface area contributed by atoms with Crippen molar-refractivity contribution in [1.82, 2.24) is 20.2 Å². The first-order valence-electron chi connectivity index (χ1n) is 8.98. The number of anilines is 2. The lowest BCUT2D eigenvalue weighted by atomic mass is 10.1. The first-order chi connectivity index (χ1) is 13.4. The van der Waals surface area contributed by atoms with Crippen molar-refractivity contribution >= 4 is 23.4 Å². The van der Waals surface area contributed by atoms with Gasteiger partial charge in [0.25, 0.3) is 5.91 Å². The maximum absolute atomic E-state index is 12.5. The van der Waals surface area contributed by atoms with Crippen molar-refractivity contribution in [2.24, 2.45) is 0 Å². The highest BCUT2D eigenvalue weighted by Crippen LogP contribution is 2.26. The molecule has 3 rings (SSSR count). The molecule has 1 aliphatic heterocycles. The Morgan fingerprint density at radius 3 is 2.68 bits per heavy atom. The summed E-state index contributed by atoms with van der Waals surface area (Å²) >= 11 is 0. The maximum Gasteiger partial charge on any atom is 0.324 e. The molecule has 9 heteroatoms. The van der Waals surface area contributed by atoms with Crippen LogP contribution in [0.1, 0.15) is 22.5 Å². The molecule has 0 spiro atoms. The molecule has 1 aromatic carbocycles. The Labute approximate surface area is 163 Å². The first kappa shape index (κ1) is 19.6. The molecule has 0 saturated carbocycles. The molecule has 1 aliphatic rings. The molecule has 0 aliphatic carbocycles. The molecule has 1 aromatic heterocycles. The number of ether oxygens (including phenoxy) is 1. The van der Waals surface area contributed by atoms with Crippen LogP contribution in [0.15, 0.2) is 30.6 Å². The fraction of sp³-hybridized carbons (Fsp3) is 0.368. The van der Waals surface area contributed by atoms with E-state index in [4.69, 9.17) is 4.74 Å². The monoisotopic (exact) mass is 384 g/mol. The lowest BCUT2D eigenvalue weighted by Crippen LogP contribution is -2.36. The second-order valence-corrected chi connectivity index (χ2v) is 6.76. The minimum Gasteiger partial charge on any atom is -0.495 e. The number of amides is 3. The van der Waals surface area contributed by atoms with Crippen molar-refractivity contribution in [2.75, 3.05) is 37.9 Å². The van der Waals surface area contributed by atoms with Gasteiger partial charge in [-0.05, 0) is 45.1 Å². The van der Waals surface area contributed by atoms with E-state index in [-0.39, 0.29) is 11.9 Å². The Kier molecular flexibility index (Phi) is 6.05. The molecule has 1 fully saturated rings. The van der Waals surface area contributed by atoms with Crippen LogP contribution in [0.3, 0.4) is 0 Å². The Bertz CT molecular complexity index is 855. The van der Waals surface area contributed by atoms with Gasteiger partial charge >= 0.3 is 6.03 Å². The topological polar surface area (TPSA) is 108 Å². The third kappa shape index (κ3) is 4.95. The number of nitrogens with zero attached hydrogens (tertiary/aromatic N) is 3. The molecule has 0 bridgehead atoms. The fourth-order valence-corrected chi connectivity index (χ4v) is 2.98. The molecule has 3 amide bonds. The van der Waals surface area contributed by atoms with E-state index in [0.29, 0.717) is 22.8 Å². The van der Waals surface area contributed by atoms with E-state index in [1.54, 1.807) is 24.4 Å². The molecule has 9 nitrogen and oxygen atoms in total. The van der Waals surface area contributed by atoms with Crippen molar-refractivity contribution in [2.45, 2.75) is 19.4 Å². The molecule has 148 valence electrons. The minimum absolute atomic E-state index is 0.141. The van der Waals surface area contributed by atoms with Crippen LogP contribution in [0.5, 0.6) is 5.75 Å². The summed E-state index contributed by atoms with van der Waals surface area (Å²) in [5.41, 5.74) is 1.67. The smallest absolute Gasteiger partial charge is 0.324 e. The normalized spacial score (nSPS) is 16.5. The van der Waals surface area contributed by atoms with E-state index < -0.39 is 6.03 Å². The Balaban J connectivity index is 1.64. The molecule has 28 heavy (non-hydrogen) atoms. The number of rotatable bonds is 5. The SMILES string of the molecule is COc1cc(C(=O)N[C@H]2CCN(C)C2)ccc1NC(=O)Nc1cnc(C)cn1. The predicted molar refractivity (Wildman–Crippen MR) is 106 cm³/mol. The van der Waals surface area contributed by atoms with Gasteiger partial charge in [-0.3, -0.25) is 15.1 Å². The lowest BCUT2D eigenvalue weighted by Gasteiger charge is -2.15.